The van der Waals surface area contributed by atoms with Crippen LogP contribution in [-0.2, 0) is 12.8 Å². The van der Waals surface area contributed by atoms with Crippen LogP contribution in [0.15, 0.2) is 48.5 Å². The number of aryl methyl sites for hydroxylation is 6. The van der Waals surface area contributed by atoms with Gasteiger partial charge in [-0.05, 0) is 146 Å². The predicted octanol–water partition coefficient (Wildman–Crippen LogP) is 8.03. The Morgan fingerprint density at radius 2 is 0.895 bits per heavy atom. The zero-order valence-electron chi connectivity index (χ0n) is 24.6. The van der Waals surface area contributed by atoms with Gasteiger partial charge in [0.1, 0.15) is 0 Å². The first kappa shape index (κ1) is 26.9. The van der Waals surface area contributed by atoms with E-state index in [1.54, 1.807) is 0 Å². The summed E-state index contributed by atoms with van der Waals surface area (Å²) in [4.78, 5) is 5.34. The van der Waals surface area contributed by atoms with E-state index < -0.39 is 0 Å². The summed E-state index contributed by atoms with van der Waals surface area (Å²) in [6.45, 7) is 20.7. The molecule has 200 valence electrons. The van der Waals surface area contributed by atoms with Gasteiger partial charge in [-0.25, -0.2) is 0 Å². The van der Waals surface area contributed by atoms with Gasteiger partial charge in [0.15, 0.2) is 0 Å². The van der Waals surface area contributed by atoms with Crippen LogP contribution in [0.3, 0.4) is 0 Å². The number of rotatable bonds is 8. The maximum Gasteiger partial charge on any atom is 0.0110 e. The average molecular weight is 507 g/mol. The highest BCUT2D eigenvalue weighted by molar-refractivity contribution is 5.89. The summed E-state index contributed by atoms with van der Waals surface area (Å²) in [5.41, 5.74) is 11.5. The topological polar surface area (TPSA) is 6.48 Å². The largest absolute Gasteiger partial charge is 0.301 e. The van der Waals surface area contributed by atoms with E-state index in [4.69, 9.17) is 0 Å². The molecule has 1 aliphatic rings. The van der Waals surface area contributed by atoms with Crippen molar-refractivity contribution in [3.05, 3.63) is 93.0 Å². The summed E-state index contributed by atoms with van der Waals surface area (Å²) >= 11 is 0. The van der Waals surface area contributed by atoms with Gasteiger partial charge in [0.25, 0.3) is 0 Å². The maximum absolute atomic E-state index is 2.67. The molecule has 0 aromatic heterocycles. The zero-order chi connectivity index (χ0) is 26.8. The SMILES string of the molecule is Cc1cc2cc(CCCN3CCN(CCCc4ccc5c(C)c(C)c(C)cc5c4)CC3)ccc2c(C)c1C. The van der Waals surface area contributed by atoms with E-state index in [9.17, 15) is 0 Å². The molecule has 4 aromatic rings. The minimum absolute atomic E-state index is 1.17. The summed E-state index contributed by atoms with van der Waals surface area (Å²) < 4.78 is 0. The number of hydrogen-bond donors (Lipinski definition) is 0. The lowest BCUT2D eigenvalue weighted by Crippen LogP contribution is -2.46. The third kappa shape index (κ3) is 5.82. The Morgan fingerprint density at radius 3 is 1.29 bits per heavy atom. The summed E-state index contributed by atoms with van der Waals surface area (Å²) in [5.74, 6) is 0. The number of hydrogen-bond acceptors (Lipinski definition) is 2. The van der Waals surface area contributed by atoms with Crippen LogP contribution >= 0.6 is 0 Å². The smallest absolute Gasteiger partial charge is 0.0110 e. The van der Waals surface area contributed by atoms with Crippen molar-refractivity contribution in [3.63, 3.8) is 0 Å². The van der Waals surface area contributed by atoms with Crippen molar-refractivity contribution in [1.82, 2.24) is 9.80 Å². The lowest BCUT2D eigenvalue weighted by molar-refractivity contribution is 0.130. The molecule has 0 amide bonds. The number of benzene rings is 4. The number of nitrogens with zero attached hydrogens (tertiary/aromatic N) is 2. The van der Waals surface area contributed by atoms with Crippen molar-refractivity contribution in [2.75, 3.05) is 39.3 Å². The molecule has 0 saturated carbocycles. The van der Waals surface area contributed by atoms with Gasteiger partial charge in [0.05, 0.1) is 0 Å². The minimum atomic E-state index is 1.17. The Hall–Kier alpha value is -2.68. The molecule has 1 aliphatic heterocycles. The molecule has 0 radical (unpaired) electrons. The van der Waals surface area contributed by atoms with Crippen LogP contribution in [0.2, 0.25) is 0 Å². The van der Waals surface area contributed by atoms with Gasteiger partial charge in [-0.2, -0.15) is 0 Å². The predicted molar refractivity (Wildman–Crippen MR) is 166 cm³/mol. The van der Waals surface area contributed by atoms with Gasteiger partial charge in [-0.1, -0.05) is 48.5 Å². The second-order valence-corrected chi connectivity index (χ2v) is 11.9. The van der Waals surface area contributed by atoms with E-state index in [1.165, 1.54) is 131 Å². The van der Waals surface area contributed by atoms with Crippen LogP contribution < -0.4 is 0 Å². The highest BCUT2D eigenvalue weighted by Crippen LogP contribution is 2.27. The molecule has 1 heterocycles. The molecule has 0 unspecified atom stereocenters. The minimum Gasteiger partial charge on any atom is -0.301 e. The standard InChI is InChI=1S/C36H46N2/c1-25-21-33-23-31(11-13-35(33)29(5)27(25)3)9-7-15-37-17-19-38(20-18-37)16-8-10-32-12-14-36-30(6)28(4)26(2)22-34(36)24-32/h11-14,21-24H,7-10,15-20H2,1-6H3. The lowest BCUT2D eigenvalue weighted by atomic mass is 9.94. The normalized spacial score (nSPS) is 15.1. The van der Waals surface area contributed by atoms with E-state index >= 15 is 0 Å². The van der Waals surface area contributed by atoms with Gasteiger partial charge in [0, 0.05) is 26.2 Å². The van der Waals surface area contributed by atoms with Crippen LogP contribution in [0.5, 0.6) is 0 Å². The fourth-order valence-corrected chi connectivity index (χ4v) is 6.39. The molecule has 0 bridgehead atoms. The van der Waals surface area contributed by atoms with Gasteiger partial charge in [-0.3, -0.25) is 0 Å². The molecule has 38 heavy (non-hydrogen) atoms. The van der Waals surface area contributed by atoms with E-state index in [0.717, 1.165) is 0 Å². The Balaban J connectivity index is 1.05. The van der Waals surface area contributed by atoms with Crippen LogP contribution in [0.4, 0.5) is 0 Å². The Kier molecular flexibility index (Phi) is 8.21. The van der Waals surface area contributed by atoms with Crippen molar-refractivity contribution in [3.8, 4) is 0 Å². The van der Waals surface area contributed by atoms with Gasteiger partial charge < -0.3 is 9.80 Å². The molecule has 0 N–H and O–H groups in total. The molecule has 0 spiro atoms. The summed E-state index contributed by atoms with van der Waals surface area (Å²) in [7, 11) is 0. The lowest BCUT2D eigenvalue weighted by Gasteiger charge is -2.34. The molecule has 2 heteroatoms. The highest BCUT2D eigenvalue weighted by atomic mass is 15.3. The van der Waals surface area contributed by atoms with Gasteiger partial charge in [-0.15, -0.1) is 0 Å². The fraction of sp³-hybridized carbons (Fsp3) is 0.444. The van der Waals surface area contributed by atoms with Crippen molar-refractivity contribution < 1.29 is 0 Å². The van der Waals surface area contributed by atoms with Crippen LogP contribution in [0.25, 0.3) is 21.5 Å². The first-order valence-electron chi connectivity index (χ1n) is 14.7. The number of piperazine rings is 1. The van der Waals surface area contributed by atoms with E-state index in [-0.39, 0.29) is 0 Å². The monoisotopic (exact) mass is 506 g/mol. The Labute approximate surface area is 230 Å². The highest BCUT2D eigenvalue weighted by Gasteiger charge is 2.16. The third-order valence-electron chi connectivity index (χ3n) is 9.44. The first-order valence-corrected chi connectivity index (χ1v) is 14.7. The van der Waals surface area contributed by atoms with E-state index in [2.05, 4.69) is 99.9 Å². The van der Waals surface area contributed by atoms with Gasteiger partial charge >= 0.3 is 0 Å². The van der Waals surface area contributed by atoms with E-state index in [1.807, 2.05) is 0 Å². The molecule has 2 nitrogen and oxygen atoms in total. The van der Waals surface area contributed by atoms with E-state index in [0.29, 0.717) is 0 Å². The van der Waals surface area contributed by atoms with Crippen molar-refractivity contribution >= 4 is 21.5 Å². The van der Waals surface area contributed by atoms with Crippen molar-refractivity contribution in [2.24, 2.45) is 0 Å². The summed E-state index contributed by atoms with van der Waals surface area (Å²) in [6, 6.07) is 18.9. The zero-order valence-corrected chi connectivity index (χ0v) is 24.6. The third-order valence-corrected chi connectivity index (χ3v) is 9.44. The van der Waals surface area contributed by atoms with Crippen LogP contribution in [0.1, 0.15) is 57.3 Å². The van der Waals surface area contributed by atoms with Crippen LogP contribution in [0, 0.1) is 41.5 Å². The average Bonchev–Trinajstić information content (AvgIpc) is 2.91. The quantitative estimate of drug-likeness (QED) is 0.239. The molecule has 4 aromatic carbocycles. The number of fused-ring (bicyclic) bond motifs is 2. The van der Waals surface area contributed by atoms with Crippen molar-refractivity contribution in [1.29, 1.82) is 0 Å². The second-order valence-electron chi connectivity index (χ2n) is 11.9. The molecule has 0 atom stereocenters. The summed E-state index contributed by atoms with van der Waals surface area (Å²) in [5, 5.41) is 5.63. The fourth-order valence-electron chi connectivity index (χ4n) is 6.39. The molecule has 1 saturated heterocycles. The Morgan fingerprint density at radius 1 is 0.500 bits per heavy atom. The molecule has 5 rings (SSSR count). The molecular weight excluding hydrogens is 460 g/mol. The van der Waals surface area contributed by atoms with Gasteiger partial charge in [0.2, 0.25) is 0 Å². The molecule has 0 aliphatic carbocycles. The molecular formula is C36H46N2. The maximum atomic E-state index is 2.67. The second kappa shape index (κ2) is 11.6. The molecule has 1 fully saturated rings. The van der Waals surface area contributed by atoms with Crippen molar-refractivity contribution in [2.45, 2.75) is 67.2 Å². The van der Waals surface area contributed by atoms with Crippen LogP contribution in [-0.4, -0.2) is 49.1 Å². The summed E-state index contributed by atoms with van der Waals surface area (Å²) in [6.07, 6.45) is 4.84. The Bertz CT molecular complexity index is 1330. The first-order chi connectivity index (χ1) is 18.3.